The minimum atomic E-state index is -4.46. The minimum absolute atomic E-state index is 0.0369. The Morgan fingerprint density at radius 3 is 2.04 bits per heavy atom. The molecule has 0 radical (unpaired) electrons. The fourth-order valence-corrected chi connectivity index (χ4v) is 3.05. The third-order valence-electron chi connectivity index (χ3n) is 4.44. The quantitative estimate of drug-likeness (QED) is 0.304. The molecule has 0 N–H and O–H groups in total. The molecule has 28 heavy (non-hydrogen) atoms. The zero-order chi connectivity index (χ0) is 20.1. The van der Waals surface area contributed by atoms with E-state index in [1.807, 2.05) is 12.1 Å². The maximum absolute atomic E-state index is 14.5. The number of hydrogen-bond donors (Lipinski definition) is 0. The van der Waals surface area contributed by atoms with Gasteiger partial charge in [-0.05, 0) is 46.9 Å². The van der Waals surface area contributed by atoms with Gasteiger partial charge in [0.25, 0.3) is 0 Å². The van der Waals surface area contributed by atoms with Crippen LogP contribution in [0.25, 0.3) is 12.2 Å². The van der Waals surface area contributed by atoms with Gasteiger partial charge in [0.15, 0.2) is 0 Å². The predicted octanol–water partition coefficient (Wildman–Crippen LogP) is 7.54. The van der Waals surface area contributed by atoms with Crippen molar-refractivity contribution in [1.82, 2.24) is 0 Å². The molecule has 0 amide bonds. The molecular formula is C23H17ClF4. The third-order valence-corrected chi connectivity index (χ3v) is 4.69. The zero-order valence-electron chi connectivity index (χ0n) is 14.8. The number of hydrogen-bond acceptors (Lipinski definition) is 0. The first kappa shape index (κ1) is 20.2. The van der Waals surface area contributed by atoms with Gasteiger partial charge in [0.1, 0.15) is 5.82 Å². The summed E-state index contributed by atoms with van der Waals surface area (Å²) in [5.41, 5.74) is 1.62. The SMILES string of the molecule is Fc1cc(C=Cc2ccc(Cl)cc2)ccc1C[C@@H](c1ccccc1)C(F)(F)F. The van der Waals surface area contributed by atoms with E-state index < -0.39 is 24.3 Å². The first-order chi connectivity index (χ1) is 13.3. The number of halogens is 5. The molecule has 0 fully saturated rings. The van der Waals surface area contributed by atoms with Crippen LogP contribution in [-0.4, -0.2) is 6.18 Å². The monoisotopic (exact) mass is 404 g/mol. The molecule has 144 valence electrons. The molecule has 0 bridgehead atoms. The van der Waals surface area contributed by atoms with E-state index in [-0.39, 0.29) is 11.1 Å². The highest BCUT2D eigenvalue weighted by Gasteiger charge is 2.40. The second kappa shape index (κ2) is 8.61. The van der Waals surface area contributed by atoms with Crippen molar-refractivity contribution in [3.8, 4) is 0 Å². The summed E-state index contributed by atoms with van der Waals surface area (Å²) in [6.07, 6.45) is -1.41. The topological polar surface area (TPSA) is 0 Å². The molecule has 3 aromatic carbocycles. The Morgan fingerprint density at radius 1 is 0.821 bits per heavy atom. The summed E-state index contributed by atoms with van der Waals surface area (Å²) < 4.78 is 55.0. The van der Waals surface area contributed by atoms with E-state index >= 15 is 0 Å². The van der Waals surface area contributed by atoms with Gasteiger partial charge in [-0.1, -0.05) is 78.4 Å². The van der Waals surface area contributed by atoms with Crippen LogP contribution in [0.3, 0.4) is 0 Å². The van der Waals surface area contributed by atoms with Crippen molar-refractivity contribution >= 4 is 23.8 Å². The second-order valence-corrected chi connectivity index (χ2v) is 6.88. The number of alkyl halides is 3. The van der Waals surface area contributed by atoms with Crippen molar-refractivity contribution in [1.29, 1.82) is 0 Å². The molecule has 0 saturated carbocycles. The Kier molecular flexibility index (Phi) is 6.20. The van der Waals surface area contributed by atoms with Crippen LogP contribution in [0.1, 0.15) is 28.2 Å². The fourth-order valence-electron chi connectivity index (χ4n) is 2.93. The first-order valence-electron chi connectivity index (χ1n) is 8.66. The summed E-state index contributed by atoms with van der Waals surface area (Å²) >= 11 is 5.83. The normalized spacial score (nSPS) is 13.0. The summed E-state index contributed by atoms with van der Waals surface area (Å²) in [7, 11) is 0. The Morgan fingerprint density at radius 2 is 1.43 bits per heavy atom. The van der Waals surface area contributed by atoms with E-state index in [1.165, 1.54) is 24.3 Å². The Labute approximate surface area is 166 Å². The average Bonchev–Trinajstić information content (AvgIpc) is 2.66. The van der Waals surface area contributed by atoms with Gasteiger partial charge >= 0.3 is 6.18 Å². The van der Waals surface area contributed by atoms with Crippen molar-refractivity contribution in [2.24, 2.45) is 0 Å². The second-order valence-electron chi connectivity index (χ2n) is 6.44. The smallest absolute Gasteiger partial charge is 0.207 e. The summed E-state index contributed by atoms with van der Waals surface area (Å²) in [6.45, 7) is 0. The molecule has 5 heteroatoms. The molecule has 0 aliphatic heterocycles. The molecule has 1 atom stereocenters. The lowest BCUT2D eigenvalue weighted by atomic mass is 9.91. The van der Waals surface area contributed by atoms with Gasteiger partial charge in [0.2, 0.25) is 0 Å². The summed E-state index contributed by atoms with van der Waals surface area (Å²) in [4.78, 5) is 0. The minimum Gasteiger partial charge on any atom is -0.207 e. The maximum atomic E-state index is 14.5. The molecule has 0 aliphatic rings. The Bertz CT molecular complexity index is 945. The van der Waals surface area contributed by atoms with Crippen molar-refractivity contribution < 1.29 is 17.6 Å². The molecule has 3 aromatic rings. The molecule has 0 aliphatic carbocycles. The average molecular weight is 405 g/mol. The zero-order valence-corrected chi connectivity index (χ0v) is 15.5. The first-order valence-corrected chi connectivity index (χ1v) is 9.04. The predicted molar refractivity (Wildman–Crippen MR) is 106 cm³/mol. The molecule has 0 heterocycles. The van der Waals surface area contributed by atoms with Gasteiger partial charge in [-0.3, -0.25) is 0 Å². The van der Waals surface area contributed by atoms with Gasteiger partial charge in [-0.15, -0.1) is 0 Å². The van der Waals surface area contributed by atoms with Crippen LogP contribution in [0, 0.1) is 5.82 Å². The molecule has 3 rings (SSSR count). The van der Waals surface area contributed by atoms with Crippen molar-refractivity contribution in [2.75, 3.05) is 0 Å². The van der Waals surface area contributed by atoms with Crippen LogP contribution in [0.4, 0.5) is 17.6 Å². The van der Waals surface area contributed by atoms with Gasteiger partial charge in [0, 0.05) is 5.02 Å². The highest BCUT2D eigenvalue weighted by molar-refractivity contribution is 6.30. The lowest BCUT2D eigenvalue weighted by Crippen LogP contribution is -2.23. The van der Waals surface area contributed by atoms with E-state index in [2.05, 4.69) is 0 Å². The largest absolute Gasteiger partial charge is 0.396 e. The fraction of sp³-hybridized carbons (Fsp3) is 0.130. The summed E-state index contributed by atoms with van der Waals surface area (Å²) in [5.74, 6) is -2.40. The maximum Gasteiger partial charge on any atom is 0.396 e. The highest BCUT2D eigenvalue weighted by Crippen LogP contribution is 2.37. The summed E-state index contributed by atoms with van der Waals surface area (Å²) in [5, 5.41) is 0.616. The third kappa shape index (κ3) is 5.23. The van der Waals surface area contributed by atoms with Crippen LogP contribution in [0.5, 0.6) is 0 Å². The molecule has 0 spiro atoms. The number of rotatable bonds is 5. The van der Waals surface area contributed by atoms with Crippen molar-refractivity contribution in [3.63, 3.8) is 0 Å². The van der Waals surface area contributed by atoms with Crippen LogP contribution in [0.2, 0.25) is 5.02 Å². The number of benzene rings is 3. The van der Waals surface area contributed by atoms with E-state index in [1.54, 1.807) is 48.6 Å². The van der Waals surface area contributed by atoms with Crippen LogP contribution in [0.15, 0.2) is 72.8 Å². The molecule has 0 saturated heterocycles. The van der Waals surface area contributed by atoms with Gasteiger partial charge in [-0.25, -0.2) is 4.39 Å². The highest BCUT2D eigenvalue weighted by atomic mass is 35.5. The Balaban J connectivity index is 1.80. The lowest BCUT2D eigenvalue weighted by molar-refractivity contribution is -0.150. The van der Waals surface area contributed by atoms with Gasteiger partial charge in [-0.2, -0.15) is 13.2 Å². The van der Waals surface area contributed by atoms with Gasteiger partial charge < -0.3 is 0 Å². The summed E-state index contributed by atoms with van der Waals surface area (Å²) in [6, 6.07) is 19.0. The molecular weight excluding hydrogens is 388 g/mol. The lowest BCUT2D eigenvalue weighted by Gasteiger charge is -2.21. The molecule has 0 aromatic heterocycles. The van der Waals surface area contributed by atoms with E-state index in [9.17, 15) is 17.6 Å². The van der Waals surface area contributed by atoms with Crippen LogP contribution in [-0.2, 0) is 6.42 Å². The molecule has 0 unspecified atom stereocenters. The van der Waals surface area contributed by atoms with Crippen molar-refractivity contribution in [3.05, 3.63) is 106 Å². The van der Waals surface area contributed by atoms with Gasteiger partial charge in [0.05, 0.1) is 5.92 Å². The van der Waals surface area contributed by atoms with Crippen LogP contribution < -0.4 is 0 Å². The molecule has 0 nitrogen and oxygen atoms in total. The van der Waals surface area contributed by atoms with E-state index in [4.69, 9.17) is 11.6 Å². The van der Waals surface area contributed by atoms with Crippen LogP contribution >= 0.6 is 11.6 Å². The van der Waals surface area contributed by atoms with E-state index in [0.717, 1.165) is 5.56 Å². The standard InChI is InChI=1S/C23H17ClF4/c24-20-12-9-16(10-13-20)6-7-17-8-11-19(22(25)14-17)15-21(23(26,27)28)18-4-2-1-3-5-18/h1-14,21H,15H2/t21-/m0/s1. The Hall–Kier alpha value is -2.59. The van der Waals surface area contributed by atoms with E-state index in [0.29, 0.717) is 10.6 Å². The van der Waals surface area contributed by atoms with Crippen molar-refractivity contribution in [2.45, 2.75) is 18.5 Å².